The number of hydrogen-bond donors (Lipinski definition) is 0. The molecule has 52 valence electrons. The SMILES string of the molecule is CC(C)/C(I)=C\[N+](=O)[O-]. The van der Waals surface area contributed by atoms with Gasteiger partial charge < -0.3 is 0 Å². The van der Waals surface area contributed by atoms with Crippen LogP contribution in [0.5, 0.6) is 0 Å². The third kappa shape index (κ3) is 4.38. The van der Waals surface area contributed by atoms with Gasteiger partial charge in [-0.25, -0.2) is 0 Å². The number of hydrogen-bond acceptors (Lipinski definition) is 2. The highest BCUT2D eigenvalue weighted by molar-refractivity contribution is 14.1. The van der Waals surface area contributed by atoms with E-state index in [1.165, 1.54) is 0 Å². The fourth-order valence-electron chi connectivity index (χ4n) is 0.250. The van der Waals surface area contributed by atoms with Crippen LogP contribution in [0.4, 0.5) is 0 Å². The minimum Gasteiger partial charge on any atom is -0.259 e. The molecule has 0 saturated heterocycles. The molecule has 0 aliphatic rings. The number of nitrogens with zero attached hydrogens (tertiary/aromatic N) is 1. The normalized spacial score (nSPS) is 12.2. The smallest absolute Gasteiger partial charge is 0.243 e. The van der Waals surface area contributed by atoms with E-state index in [4.69, 9.17) is 0 Å². The van der Waals surface area contributed by atoms with Gasteiger partial charge in [-0.2, -0.15) is 0 Å². The van der Waals surface area contributed by atoms with E-state index in [1.807, 2.05) is 36.4 Å². The Morgan fingerprint density at radius 2 is 2.22 bits per heavy atom. The lowest BCUT2D eigenvalue weighted by Gasteiger charge is -1.96. The van der Waals surface area contributed by atoms with Crippen molar-refractivity contribution in [3.63, 3.8) is 0 Å². The van der Waals surface area contributed by atoms with Crippen LogP contribution in [0.2, 0.25) is 0 Å². The van der Waals surface area contributed by atoms with Gasteiger partial charge in [-0.3, -0.25) is 10.1 Å². The average Bonchev–Trinajstić information content (AvgIpc) is 1.63. The molecule has 0 bridgehead atoms. The second-order valence-corrected chi connectivity index (χ2v) is 3.20. The van der Waals surface area contributed by atoms with Gasteiger partial charge in [0.1, 0.15) is 0 Å². The Hall–Kier alpha value is -0.130. The molecule has 0 saturated carbocycles. The zero-order valence-electron chi connectivity index (χ0n) is 5.30. The summed E-state index contributed by atoms with van der Waals surface area (Å²) in [6.07, 6.45) is 1.03. The third-order valence-electron chi connectivity index (χ3n) is 0.780. The van der Waals surface area contributed by atoms with Crippen molar-refractivity contribution >= 4 is 22.6 Å². The molecule has 0 aromatic heterocycles. The molecule has 4 heteroatoms. The average molecular weight is 241 g/mol. The number of allylic oxidation sites excluding steroid dienone is 1. The minimum absolute atomic E-state index is 0.260. The second kappa shape index (κ2) is 3.81. The Morgan fingerprint density at radius 1 is 1.78 bits per heavy atom. The van der Waals surface area contributed by atoms with Crippen molar-refractivity contribution in [2.24, 2.45) is 5.92 Å². The molecule has 0 heterocycles. The van der Waals surface area contributed by atoms with Gasteiger partial charge in [0.25, 0.3) is 0 Å². The van der Waals surface area contributed by atoms with Crippen LogP contribution < -0.4 is 0 Å². The predicted molar refractivity (Wildman–Crippen MR) is 43.9 cm³/mol. The quantitative estimate of drug-likeness (QED) is 0.422. The fourth-order valence-corrected chi connectivity index (χ4v) is 0.477. The summed E-state index contributed by atoms with van der Waals surface area (Å²) in [6.45, 7) is 3.84. The summed E-state index contributed by atoms with van der Waals surface area (Å²) in [6, 6.07) is 0. The van der Waals surface area contributed by atoms with Crippen LogP contribution in [0.1, 0.15) is 13.8 Å². The van der Waals surface area contributed by atoms with Crippen molar-refractivity contribution in [2.75, 3.05) is 0 Å². The summed E-state index contributed by atoms with van der Waals surface area (Å²) >= 11 is 1.97. The molecule has 0 atom stereocenters. The third-order valence-corrected chi connectivity index (χ3v) is 2.30. The van der Waals surface area contributed by atoms with Crippen LogP contribution in [-0.4, -0.2) is 4.92 Å². The van der Waals surface area contributed by atoms with E-state index in [9.17, 15) is 10.1 Å². The fraction of sp³-hybridized carbons (Fsp3) is 0.600. The molecule has 3 nitrogen and oxygen atoms in total. The van der Waals surface area contributed by atoms with Crippen molar-refractivity contribution in [1.82, 2.24) is 0 Å². The minimum atomic E-state index is -0.429. The van der Waals surface area contributed by atoms with E-state index in [1.54, 1.807) is 0 Å². The topological polar surface area (TPSA) is 43.1 Å². The van der Waals surface area contributed by atoms with Gasteiger partial charge in [-0.15, -0.1) is 0 Å². The molecule has 0 spiro atoms. The van der Waals surface area contributed by atoms with Gasteiger partial charge in [0.2, 0.25) is 6.20 Å². The lowest BCUT2D eigenvalue weighted by molar-refractivity contribution is -0.403. The molecule has 0 unspecified atom stereocenters. The van der Waals surface area contributed by atoms with Gasteiger partial charge >= 0.3 is 0 Å². The summed E-state index contributed by atoms with van der Waals surface area (Å²) in [7, 11) is 0. The van der Waals surface area contributed by atoms with Crippen molar-refractivity contribution in [2.45, 2.75) is 13.8 Å². The molecule has 0 fully saturated rings. The van der Waals surface area contributed by atoms with Crippen LogP contribution in [-0.2, 0) is 0 Å². The van der Waals surface area contributed by atoms with Crippen LogP contribution >= 0.6 is 22.6 Å². The first-order valence-electron chi connectivity index (χ1n) is 2.54. The van der Waals surface area contributed by atoms with E-state index in [2.05, 4.69) is 0 Å². The second-order valence-electron chi connectivity index (χ2n) is 1.95. The Balaban J connectivity index is 4.00. The standard InChI is InChI=1S/C5H8INO2/c1-4(2)5(6)3-7(8)9/h3-4H,1-2H3/b5-3+. The first kappa shape index (κ1) is 8.87. The summed E-state index contributed by atoms with van der Waals surface area (Å²) < 4.78 is 0.776. The summed E-state index contributed by atoms with van der Waals surface area (Å²) in [5.74, 6) is 0.260. The Kier molecular flexibility index (Phi) is 3.76. The maximum Gasteiger partial charge on any atom is 0.243 e. The molecule has 0 N–H and O–H groups in total. The maximum atomic E-state index is 9.84. The largest absolute Gasteiger partial charge is 0.259 e. The van der Waals surface area contributed by atoms with Crippen molar-refractivity contribution in [3.8, 4) is 0 Å². The Labute approximate surface area is 67.4 Å². The maximum absolute atomic E-state index is 9.84. The molecule has 9 heavy (non-hydrogen) atoms. The van der Waals surface area contributed by atoms with E-state index >= 15 is 0 Å². The molecular formula is C5H8INO2. The highest BCUT2D eigenvalue weighted by Crippen LogP contribution is 2.16. The van der Waals surface area contributed by atoms with Crippen molar-refractivity contribution in [1.29, 1.82) is 0 Å². The van der Waals surface area contributed by atoms with E-state index in [0.29, 0.717) is 0 Å². The highest BCUT2D eigenvalue weighted by atomic mass is 127. The lowest BCUT2D eigenvalue weighted by Crippen LogP contribution is -1.90. The van der Waals surface area contributed by atoms with Crippen molar-refractivity contribution < 1.29 is 4.92 Å². The molecule has 0 aromatic rings. The van der Waals surface area contributed by atoms with E-state index in [0.717, 1.165) is 9.78 Å². The first-order valence-corrected chi connectivity index (χ1v) is 3.62. The van der Waals surface area contributed by atoms with Gasteiger partial charge in [-0.05, 0) is 28.5 Å². The predicted octanol–water partition coefficient (Wildman–Crippen LogP) is 2.20. The lowest BCUT2D eigenvalue weighted by atomic mass is 10.2. The van der Waals surface area contributed by atoms with Gasteiger partial charge in [0.05, 0.1) is 8.50 Å². The van der Waals surface area contributed by atoms with E-state index in [-0.39, 0.29) is 5.92 Å². The monoisotopic (exact) mass is 241 g/mol. The molecule has 0 aliphatic carbocycles. The molecule has 0 amide bonds. The van der Waals surface area contributed by atoms with Crippen LogP contribution in [0, 0.1) is 16.0 Å². The van der Waals surface area contributed by atoms with Gasteiger partial charge in [0.15, 0.2) is 0 Å². The summed E-state index contributed by atoms with van der Waals surface area (Å²) in [4.78, 5) is 9.41. The number of rotatable bonds is 2. The van der Waals surface area contributed by atoms with Crippen LogP contribution in [0.25, 0.3) is 0 Å². The Bertz CT molecular complexity index is 142. The first-order chi connectivity index (χ1) is 4.04. The van der Waals surface area contributed by atoms with E-state index < -0.39 is 4.92 Å². The molecule has 0 rings (SSSR count). The molecule has 0 aliphatic heterocycles. The summed E-state index contributed by atoms with van der Waals surface area (Å²) in [5, 5.41) is 9.84. The molecular weight excluding hydrogens is 233 g/mol. The zero-order chi connectivity index (χ0) is 7.44. The Morgan fingerprint density at radius 3 is 2.33 bits per heavy atom. The van der Waals surface area contributed by atoms with Gasteiger partial charge in [-0.1, -0.05) is 13.8 Å². The van der Waals surface area contributed by atoms with Crippen LogP contribution in [0.3, 0.4) is 0 Å². The molecule has 0 radical (unpaired) electrons. The highest BCUT2D eigenvalue weighted by Gasteiger charge is 2.01. The summed E-state index contributed by atoms with van der Waals surface area (Å²) in [5.41, 5.74) is 0. The zero-order valence-corrected chi connectivity index (χ0v) is 7.45. The molecule has 0 aromatic carbocycles. The number of halogens is 1. The van der Waals surface area contributed by atoms with Crippen molar-refractivity contribution in [3.05, 3.63) is 19.9 Å². The van der Waals surface area contributed by atoms with Crippen LogP contribution in [0.15, 0.2) is 9.78 Å². The van der Waals surface area contributed by atoms with Gasteiger partial charge in [0, 0.05) is 0 Å². The number of nitro groups is 1.